The van der Waals surface area contributed by atoms with E-state index in [0.717, 1.165) is 25.5 Å². The van der Waals surface area contributed by atoms with Crippen LogP contribution in [0.1, 0.15) is 63.1 Å². The molecule has 4 N–H and O–H groups in total. The van der Waals surface area contributed by atoms with Gasteiger partial charge in [0.15, 0.2) is 17.2 Å². The molecule has 222 valence electrons. The molecule has 2 fully saturated rings. The van der Waals surface area contributed by atoms with Crippen molar-refractivity contribution in [2.24, 2.45) is 23.2 Å². The lowest BCUT2D eigenvalue weighted by Crippen LogP contribution is -2.65. The smallest absolute Gasteiger partial charge is 0.202 e. The number of aromatic hydroxyl groups is 1. The number of carbonyl (C=O) groups excluding carboxylic acids is 3. The standard InChI is InChI=1S/C32H42N2O7/c1-15(35)22-28(38)25(34(6)7)20-13-17-12-19-21(33(4)5)14-16(8-9-18-10-11-31(18,2)3)26(36)24(19)27(37)23(17)30(40)32(20,41)29(22)39/h14,17-18,20,25,36-37,39,41H,8-13H2,1-7H3/t17-,18?,20-,25-,32+/m0/s1. The number of likely N-dealkylation sites (N-methyl/N-ethyl adjacent to an activating group) is 1. The molecule has 0 radical (unpaired) electrons. The van der Waals surface area contributed by atoms with Gasteiger partial charge in [-0.1, -0.05) is 13.8 Å². The number of phenols is 1. The topological polar surface area (TPSA) is 139 Å². The molecule has 1 aromatic carbocycles. The lowest BCUT2D eigenvalue weighted by molar-refractivity contribution is -0.153. The van der Waals surface area contributed by atoms with Gasteiger partial charge < -0.3 is 25.3 Å². The summed E-state index contributed by atoms with van der Waals surface area (Å²) in [5.74, 6) is -4.86. The van der Waals surface area contributed by atoms with Crippen LogP contribution in [0.5, 0.6) is 5.75 Å². The number of rotatable bonds is 6. The van der Waals surface area contributed by atoms with Gasteiger partial charge in [-0.25, -0.2) is 0 Å². The number of phenolic OH excluding ortho intramolecular Hbond substituents is 1. The average molecular weight is 567 g/mol. The fourth-order valence-corrected chi connectivity index (χ4v) is 7.83. The highest BCUT2D eigenvalue weighted by Crippen LogP contribution is 2.55. The maximum Gasteiger partial charge on any atom is 0.202 e. The maximum atomic E-state index is 14.1. The molecule has 0 heterocycles. The van der Waals surface area contributed by atoms with E-state index in [2.05, 4.69) is 13.8 Å². The zero-order chi connectivity index (χ0) is 30.3. The van der Waals surface area contributed by atoms with Crippen LogP contribution >= 0.6 is 0 Å². The minimum Gasteiger partial charge on any atom is -0.508 e. The number of Topliss-reactive ketones (excluding diaryl/α,β-unsaturated/α-hetero) is 3. The van der Waals surface area contributed by atoms with Gasteiger partial charge in [-0.2, -0.15) is 0 Å². The third kappa shape index (κ3) is 4.14. The van der Waals surface area contributed by atoms with Gasteiger partial charge in [0.2, 0.25) is 5.78 Å². The van der Waals surface area contributed by atoms with Crippen molar-refractivity contribution >= 4 is 28.8 Å². The van der Waals surface area contributed by atoms with Crippen LogP contribution in [0, 0.1) is 23.2 Å². The van der Waals surface area contributed by atoms with Crippen LogP contribution in [-0.4, -0.2) is 82.5 Å². The predicted molar refractivity (Wildman–Crippen MR) is 155 cm³/mol. The first-order chi connectivity index (χ1) is 19.0. The van der Waals surface area contributed by atoms with Crippen molar-refractivity contribution in [3.8, 4) is 5.75 Å². The Morgan fingerprint density at radius 3 is 2.27 bits per heavy atom. The summed E-state index contributed by atoms with van der Waals surface area (Å²) in [5, 5.41) is 46.2. The number of fused-ring (bicyclic) bond motifs is 3. The highest BCUT2D eigenvalue weighted by atomic mass is 16.3. The van der Waals surface area contributed by atoms with Crippen molar-refractivity contribution < 1.29 is 34.8 Å². The first-order valence-corrected chi connectivity index (χ1v) is 14.4. The molecule has 41 heavy (non-hydrogen) atoms. The summed E-state index contributed by atoms with van der Waals surface area (Å²) in [4.78, 5) is 43.4. The number of carbonyl (C=O) groups is 3. The van der Waals surface area contributed by atoms with E-state index in [0.29, 0.717) is 29.9 Å². The zero-order valence-corrected chi connectivity index (χ0v) is 25.0. The first kappa shape index (κ1) is 29.3. The summed E-state index contributed by atoms with van der Waals surface area (Å²) in [7, 11) is 7.03. The van der Waals surface area contributed by atoms with Gasteiger partial charge in [0.1, 0.15) is 22.8 Å². The van der Waals surface area contributed by atoms with Crippen molar-refractivity contribution in [3.05, 3.63) is 39.7 Å². The second kappa shape index (κ2) is 9.70. The number of aliphatic hydroxyl groups excluding tert-OH is 2. The van der Waals surface area contributed by atoms with Crippen molar-refractivity contribution in [2.75, 3.05) is 33.1 Å². The number of ketones is 3. The summed E-state index contributed by atoms with van der Waals surface area (Å²) in [6.07, 6.45) is 4.21. The van der Waals surface area contributed by atoms with Crippen LogP contribution in [0.15, 0.2) is 23.0 Å². The third-order valence-electron chi connectivity index (χ3n) is 10.4. The second-order valence-electron chi connectivity index (χ2n) is 13.6. The van der Waals surface area contributed by atoms with E-state index in [1.165, 1.54) is 6.42 Å². The van der Waals surface area contributed by atoms with Crippen LogP contribution in [0.2, 0.25) is 0 Å². The van der Waals surface area contributed by atoms with E-state index in [4.69, 9.17) is 0 Å². The van der Waals surface area contributed by atoms with Crippen molar-refractivity contribution in [1.82, 2.24) is 4.90 Å². The highest BCUT2D eigenvalue weighted by molar-refractivity contribution is 6.25. The van der Waals surface area contributed by atoms with Crippen molar-refractivity contribution in [1.29, 1.82) is 0 Å². The Bertz CT molecular complexity index is 1420. The summed E-state index contributed by atoms with van der Waals surface area (Å²) in [6.45, 7) is 5.61. The van der Waals surface area contributed by atoms with E-state index in [1.54, 1.807) is 19.0 Å². The van der Waals surface area contributed by atoms with Crippen molar-refractivity contribution in [3.63, 3.8) is 0 Å². The van der Waals surface area contributed by atoms with E-state index in [9.17, 15) is 34.8 Å². The quantitative estimate of drug-likeness (QED) is 0.381. The second-order valence-corrected chi connectivity index (χ2v) is 13.6. The Labute approximate surface area is 241 Å². The van der Waals surface area contributed by atoms with Gasteiger partial charge in [-0.05, 0) is 94.0 Å². The van der Waals surface area contributed by atoms with Crippen LogP contribution in [0.4, 0.5) is 5.69 Å². The fourth-order valence-electron chi connectivity index (χ4n) is 7.83. The molecule has 0 saturated heterocycles. The van der Waals surface area contributed by atoms with Crippen LogP contribution in [0.25, 0.3) is 5.76 Å². The molecule has 5 atom stereocenters. The normalized spacial score (nSPS) is 30.6. The lowest BCUT2D eigenvalue weighted by atomic mass is 9.57. The van der Waals surface area contributed by atoms with Gasteiger partial charge in [-0.15, -0.1) is 0 Å². The molecule has 0 spiro atoms. The number of anilines is 1. The van der Waals surface area contributed by atoms with E-state index in [-0.39, 0.29) is 28.7 Å². The molecule has 0 aromatic heterocycles. The maximum absolute atomic E-state index is 14.1. The monoisotopic (exact) mass is 566 g/mol. The predicted octanol–water partition coefficient (Wildman–Crippen LogP) is 3.50. The van der Waals surface area contributed by atoms with Gasteiger partial charge >= 0.3 is 0 Å². The molecule has 4 aliphatic rings. The molecule has 5 rings (SSSR count). The third-order valence-corrected chi connectivity index (χ3v) is 10.4. The summed E-state index contributed by atoms with van der Waals surface area (Å²) in [5.41, 5.74) is -0.618. The Kier molecular flexibility index (Phi) is 6.94. The molecule has 0 bridgehead atoms. The Morgan fingerprint density at radius 1 is 1.10 bits per heavy atom. The lowest BCUT2D eigenvalue weighted by Gasteiger charge is -2.50. The number of benzene rings is 1. The molecule has 1 aromatic rings. The first-order valence-electron chi connectivity index (χ1n) is 14.4. The SMILES string of the molecule is CC(=O)C1=C(O)[C@@]2(O)C(=O)C3=C(O)c4c(O)c(CCC5CCC5(C)C)cc(N(C)C)c4C[C@H]3C[C@H]2[C@H](N(C)C)C1=O. The number of aliphatic hydroxyl groups is 3. The van der Waals surface area contributed by atoms with E-state index in [1.807, 2.05) is 25.1 Å². The fraction of sp³-hybridized carbons (Fsp3) is 0.594. The largest absolute Gasteiger partial charge is 0.508 e. The van der Waals surface area contributed by atoms with Crippen LogP contribution in [-0.2, 0) is 27.2 Å². The number of nitrogens with zero attached hydrogens (tertiary/aromatic N) is 2. The molecule has 0 amide bonds. The molecule has 9 heteroatoms. The molecule has 0 aliphatic heterocycles. The molecular weight excluding hydrogens is 524 g/mol. The highest BCUT2D eigenvalue weighted by Gasteiger charge is 2.64. The van der Waals surface area contributed by atoms with Gasteiger partial charge in [0.05, 0.1) is 11.6 Å². The van der Waals surface area contributed by atoms with Gasteiger partial charge in [0.25, 0.3) is 0 Å². The average Bonchev–Trinajstić information content (AvgIpc) is 2.86. The summed E-state index contributed by atoms with van der Waals surface area (Å²) < 4.78 is 0. The molecule has 9 nitrogen and oxygen atoms in total. The number of hydrogen-bond donors (Lipinski definition) is 4. The molecule has 4 aliphatic carbocycles. The van der Waals surface area contributed by atoms with Gasteiger partial charge in [-0.3, -0.25) is 19.3 Å². The molecule has 1 unspecified atom stereocenters. The summed E-state index contributed by atoms with van der Waals surface area (Å²) in [6, 6.07) is 0.934. The Hall–Kier alpha value is -3.17. The van der Waals surface area contributed by atoms with E-state index >= 15 is 0 Å². The number of hydrogen-bond acceptors (Lipinski definition) is 9. The van der Waals surface area contributed by atoms with Crippen LogP contribution in [0.3, 0.4) is 0 Å². The van der Waals surface area contributed by atoms with Crippen molar-refractivity contribution in [2.45, 2.75) is 70.9 Å². The molecule has 2 saturated carbocycles. The Morgan fingerprint density at radius 2 is 1.76 bits per heavy atom. The Balaban J connectivity index is 1.66. The number of aryl methyl sites for hydroxylation is 1. The van der Waals surface area contributed by atoms with Gasteiger partial charge in [0, 0.05) is 31.3 Å². The van der Waals surface area contributed by atoms with Crippen LogP contribution < -0.4 is 4.90 Å². The zero-order valence-electron chi connectivity index (χ0n) is 25.0. The summed E-state index contributed by atoms with van der Waals surface area (Å²) >= 11 is 0. The van der Waals surface area contributed by atoms with E-state index < -0.39 is 57.9 Å². The molecular formula is C32H42N2O7. The minimum absolute atomic E-state index is 0.0812. The minimum atomic E-state index is -2.56.